The van der Waals surface area contributed by atoms with E-state index in [0.717, 1.165) is 12.1 Å². The summed E-state index contributed by atoms with van der Waals surface area (Å²) in [7, 11) is 0. The van der Waals surface area contributed by atoms with Crippen LogP contribution in [0.1, 0.15) is 6.42 Å². The summed E-state index contributed by atoms with van der Waals surface area (Å²) in [6.45, 7) is -2.00. The zero-order valence-corrected chi connectivity index (χ0v) is 10.1. The third kappa shape index (κ3) is 5.00. The Morgan fingerprint density at radius 1 is 1.30 bits per heavy atom. The molecule has 0 fully saturated rings. The molecule has 0 aromatic heterocycles. The lowest BCUT2D eigenvalue weighted by atomic mass is 10.2. The largest absolute Gasteiger partial charge is 0.411 e. The van der Waals surface area contributed by atoms with E-state index in [1.165, 1.54) is 0 Å². The number of anilines is 2. The minimum absolute atomic E-state index is 0.201. The molecule has 3 N–H and O–H groups in total. The van der Waals surface area contributed by atoms with Crippen LogP contribution in [0.4, 0.5) is 33.3 Å². The second-order valence-electron chi connectivity index (χ2n) is 3.79. The highest BCUT2D eigenvalue weighted by Crippen LogP contribution is 2.24. The van der Waals surface area contributed by atoms with Crippen molar-refractivity contribution in [2.45, 2.75) is 12.6 Å². The van der Waals surface area contributed by atoms with Gasteiger partial charge in [0.2, 0.25) is 5.91 Å². The van der Waals surface area contributed by atoms with Gasteiger partial charge in [0.1, 0.15) is 12.3 Å². The second-order valence-corrected chi connectivity index (χ2v) is 3.79. The fourth-order valence-corrected chi connectivity index (χ4v) is 1.25. The Bertz CT molecular complexity index is 490. The minimum atomic E-state index is -4.49. The maximum absolute atomic E-state index is 13.3. The smallest absolute Gasteiger partial charge is 0.397 e. The number of alkyl halides is 3. The number of nitrogens with one attached hydrogen (secondary N) is 1. The fourth-order valence-electron chi connectivity index (χ4n) is 1.25. The monoisotopic (exact) mass is 298 g/mol. The Balaban J connectivity index is 2.49. The third-order valence-corrected chi connectivity index (χ3v) is 2.13. The number of nitrogens with two attached hydrogens (primary N) is 1. The number of amides is 1. The summed E-state index contributed by atoms with van der Waals surface area (Å²) < 4.78 is 65.7. The fraction of sp³-hybridized carbons (Fsp3) is 0.364. The molecule has 0 saturated carbocycles. The van der Waals surface area contributed by atoms with Gasteiger partial charge in [-0.15, -0.1) is 0 Å². The SMILES string of the molecule is Nc1ccc(F)c(F)c1NC(=O)CCOCC(F)(F)F. The van der Waals surface area contributed by atoms with Gasteiger partial charge in [0.15, 0.2) is 11.6 Å². The summed E-state index contributed by atoms with van der Waals surface area (Å²) in [5.41, 5.74) is 4.60. The van der Waals surface area contributed by atoms with Gasteiger partial charge in [-0.05, 0) is 12.1 Å². The van der Waals surface area contributed by atoms with Crippen LogP contribution in [0.3, 0.4) is 0 Å². The van der Waals surface area contributed by atoms with Crippen molar-refractivity contribution in [1.29, 1.82) is 0 Å². The van der Waals surface area contributed by atoms with Crippen molar-refractivity contribution in [1.82, 2.24) is 0 Å². The number of halogens is 5. The first-order valence-corrected chi connectivity index (χ1v) is 5.38. The highest BCUT2D eigenvalue weighted by molar-refractivity contribution is 5.94. The molecular formula is C11H11F5N2O2. The first-order valence-electron chi connectivity index (χ1n) is 5.38. The van der Waals surface area contributed by atoms with Crippen molar-refractivity contribution >= 4 is 17.3 Å². The molecule has 0 aliphatic heterocycles. The van der Waals surface area contributed by atoms with Crippen LogP contribution in [0.2, 0.25) is 0 Å². The number of benzene rings is 1. The molecule has 20 heavy (non-hydrogen) atoms. The molecule has 1 amide bonds. The van der Waals surface area contributed by atoms with Crippen molar-refractivity contribution in [2.75, 3.05) is 24.3 Å². The number of nitrogen functional groups attached to an aromatic ring is 1. The molecule has 0 saturated heterocycles. The lowest BCUT2D eigenvalue weighted by Gasteiger charge is -2.10. The maximum atomic E-state index is 13.3. The molecule has 0 aliphatic carbocycles. The molecule has 0 bridgehead atoms. The molecular weight excluding hydrogens is 287 g/mol. The lowest BCUT2D eigenvalue weighted by molar-refractivity contribution is -0.174. The van der Waals surface area contributed by atoms with Crippen LogP contribution >= 0.6 is 0 Å². The summed E-state index contributed by atoms with van der Waals surface area (Å²) in [4.78, 5) is 11.3. The molecule has 9 heteroatoms. The van der Waals surface area contributed by atoms with Crippen molar-refractivity contribution in [3.8, 4) is 0 Å². The van der Waals surface area contributed by atoms with Gasteiger partial charge in [0.05, 0.1) is 18.7 Å². The number of carbonyl (C=O) groups is 1. The van der Waals surface area contributed by atoms with Gasteiger partial charge in [-0.2, -0.15) is 13.2 Å². The van der Waals surface area contributed by atoms with Crippen LogP contribution in [0.25, 0.3) is 0 Å². The average molecular weight is 298 g/mol. The van der Waals surface area contributed by atoms with Crippen LogP contribution in [0.5, 0.6) is 0 Å². The maximum Gasteiger partial charge on any atom is 0.411 e. The van der Waals surface area contributed by atoms with E-state index < -0.39 is 49.0 Å². The van der Waals surface area contributed by atoms with Gasteiger partial charge in [0.25, 0.3) is 0 Å². The summed E-state index contributed by atoms with van der Waals surface area (Å²) >= 11 is 0. The second kappa shape index (κ2) is 6.51. The number of rotatable bonds is 5. The number of ether oxygens (including phenoxy) is 1. The van der Waals surface area contributed by atoms with Crippen LogP contribution in [-0.4, -0.2) is 25.3 Å². The summed E-state index contributed by atoms with van der Waals surface area (Å²) in [5.74, 6) is -3.39. The van der Waals surface area contributed by atoms with E-state index in [2.05, 4.69) is 4.74 Å². The number of carbonyl (C=O) groups excluding carboxylic acids is 1. The molecule has 1 aromatic carbocycles. The third-order valence-electron chi connectivity index (χ3n) is 2.13. The van der Waals surface area contributed by atoms with Crippen molar-refractivity contribution in [3.63, 3.8) is 0 Å². The molecule has 0 heterocycles. The zero-order valence-electron chi connectivity index (χ0n) is 10.1. The molecule has 4 nitrogen and oxygen atoms in total. The predicted molar refractivity (Wildman–Crippen MR) is 60.9 cm³/mol. The highest BCUT2D eigenvalue weighted by atomic mass is 19.4. The van der Waals surface area contributed by atoms with Crippen LogP contribution in [0, 0.1) is 11.6 Å². The molecule has 0 unspecified atom stereocenters. The summed E-state index contributed by atoms with van der Waals surface area (Å²) in [5, 5.41) is 1.98. The molecule has 0 aliphatic rings. The first kappa shape index (κ1) is 16.2. The Hall–Kier alpha value is -1.90. The van der Waals surface area contributed by atoms with Crippen LogP contribution < -0.4 is 11.1 Å². The summed E-state index contributed by atoms with van der Waals surface area (Å²) in [6, 6.07) is 1.83. The van der Waals surface area contributed by atoms with E-state index in [1.54, 1.807) is 0 Å². The van der Waals surface area contributed by atoms with E-state index in [-0.39, 0.29) is 5.69 Å². The number of hydrogen-bond acceptors (Lipinski definition) is 3. The molecule has 0 atom stereocenters. The Labute approximate surface area is 110 Å². The standard InChI is InChI=1S/C11H11F5N2O2/c12-6-1-2-7(17)10(9(6)13)18-8(19)3-4-20-5-11(14,15)16/h1-2H,3-5,17H2,(H,18,19). The van der Waals surface area contributed by atoms with Crippen LogP contribution in [0.15, 0.2) is 12.1 Å². The van der Waals surface area contributed by atoms with Gasteiger partial charge in [-0.25, -0.2) is 8.78 Å². The Morgan fingerprint density at radius 3 is 2.55 bits per heavy atom. The van der Waals surface area contributed by atoms with Crippen molar-refractivity contribution in [2.24, 2.45) is 0 Å². The minimum Gasteiger partial charge on any atom is -0.397 e. The van der Waals surface area contributed by atoms with E-state index in [4.69, 9.17) is 5.73 Å². The molecule has 0 spiro atoms. The number of hydrogen-bond donors (Lipinski definition) is 2. The highest BCUT2D eigenvalue weighted by Gasteiger charge is 2.27. The van der Waals surface area contributed by atoms with E-state index in [9.17, 15) is 26.7 Å². The quantitative estimate of drug-likeness (QED) is 0.498. The molecule has 112 valence electrons. The van der Waals surface area contributed by atoms with Gasteiger partial charge in [-0.1, -0.05) is 0 Å². The summed E-state index contributed by atoms with van der Waals surface area (Å²) in [6.07, 6.45) is -4.94. The van der Waals surface area contributed by atoms with E-state index >= 15 is 0 Å². The zero-order chi connectivity index (χ0) is 15.3. The van der Waals surface area contributed by atoms with E-state index in [0.29, 0.717) is 0 Å². The van der Waals surface area contributed by atoms with Gasteiger partial charge >= 0.3 is 6.18 Å². The van der Waals surface area contributed by atoms with Gasteiger partial charge in [0, 0.05) is 0 Å². The van der Waals surface area contributed by atoms with Crippen molar-refractivity contribution < 1.29 is 31.5 Å². The first-order chi connectivity index (χ1) is 9.20. The lowest BCUT2D eigenvalue weighted by Crippen LogP contribution is -2.21. The van der Waals surface area contributed by atoms with Crippen LogP contribution in [-0.2, 0) is 9.53 Å². The van der Waals surface area contributed by atoms with Gasteiger partial charge in [-0.3, -0.25) is 4.79 Å². The average Bonchev–Trinajstić information content (AvgIpc) is 2.34. The van der Waals surface area contributed by atoms with E-state index in [1.807, 2.05) is 5.32 Å². The Kier molecular flexibility index (Phi) is 5.26. The molecule has 0 radical (unpaired) electrons. The predicted octanol–water partition coefficient (Wildman–Crippen LogP) is 2.45. The topological polar surface area (TPSA) is 64.3 Å². The molecule has 1 aromatic rings. The Morgan fingerprint density at radius 2 is 1.95 bits per heavy atom. The van der Waals surface area contributed by atoms with Gasteiger partial charge < -0.3 is 15.8 Å². The normalized spacial score (nSPS) is 11.4. The van der Waals surface area contributed by atoms with Crippen molar-refractivity contribution in [3.05, 3.63) is 23.8 Å². The molecule has 1 rings (SSSR count).